The van der Waals surface area contributed by atoms with Crippen molar-refractivity contribution in [1.29, 1.82) is 0 Å². The first kappa shape index (κ1) is 33.2. The average molecular weight is 674 g/mol. The molecule has 1 aliphatic carbocycles. The van der Waals surface area contributed by atoms with Crippen LogP contribution in [0.5, 0.6) is 0 Å². The third-order valence-corrected chi connectivity index (χ3v) is 9.81. The number of fused-ring (bicyclic) bond motifs is 1. The standard InChI is InChI=1S/C34H39N7O6S/c42-28-12-11-26(30(44)40-28)41-20-24-23(31(41)45)8-5-9-25(24)38-29(43)21-47-17-6-15-35-32(46)34(13-2-1-3-14-34)19-22-7-4-10-27(37-22)39-33-36-16-18-48-33/h4-5,7-10,16,18,26H,1-3,6,11-15,17,19-21H2,(H,35,46)(H,38,43)(H,36,37,39)(H,40,42,44). The molecule has 5 amide bonds. The molecule has 0 spiro atoms. The van der Waals surface area contributed by atoms with E-state index in [1.165, 1.54) is 16.2 Å². The monoisotopic (exact) mass is 673 g/mol. The number of aromatic nitrogens is 2. The average Bonchev–Trinajstić information content (AvgIpc) is 3.71. The summed E-state index contributed by atoms with van der Waals surface area (Å²) in [5.74, 6) is -0.788. The topological polar surface area (TPSA) is 172 Å². The minimum Gasteiger partial charge on any atom is -0.372 e. The summed E-state index contributed by atoms with van der Waals surface area (Å²) >= 11 is 1.50. The number of nitrogens with zero attached hydrogens (tertiary/aromatic N) is 3. The summed E-state index contributed by atoms with van der Waals surface area (Å²) in [7, 11) is 0. The van der Waals surface area contributed by atoms with Gasteiger partial charge in [0.1, 0.15) is 18.5 Å². The highest BCUT2D eigenvalue weighted by atomic mass is 32.1. The number of anilines is 3. The summed E-state index contributed by atoms with van der Waals surface area (Å²) in [4.78, 5) is 73.7. The molecule has 14 heteroatoms. The third kappa shape index (κ3) is 7.71. The number of benzene rings is 1. The van der Waals surface area contributed by atoms with Gasteiger partial charge in [-0.05, 0) is 49.9 Å². The smallest absolute Gasteiger partial charge is 0.255 e. The Morgan fingerprint density at radius 1 is 1.08 bits per heavy atom. The number of carbonyl (C=O) groups is 5. The van der Waals surface area contributed by atoms with Gasteiger partial charge in [-0.15, -0.1) is 11.3 Å². The summed E-state index contributed by atoms with van der Waals surface area (Å²) < 4.78 is 5.61. The molecular formula is C34H39N7O6S. The van der Waals surface area contributed by atoms with Crippen LogP contribution in [0.15, 0.2) is 48.0 Å². The molecule has 1 aromatic carbocycles. The van der Waals surface area contributed by atoms with Gasteiger partial charge >= 0.3 is 0 Å². The highest BCUT2D eigenvalue weighted by molar-refractivity contribution is 7.13. The van der Waals surface area contributed by atoms with Crippen molar-refractivity contribution in [1.82, 2.24) is 25.5 Å². The Hall–Kier alpha value is -4.69. The number of ether oxygens (including phenoxy) is 1. The van der Waals surface area contributed by atoms with Gasteiger partial charge in [0.2, 0.25) is 23.6 Å². The molecule has 3 aromatic rings. The number of hydrogen-bond donors (Lipinski definition) is 4. The van der Waals surface area contributed by atoms with E-state index in [-0.39, 0.29) is 56.2 Å². The molecular weight excluding hydrogens is 634 g/mol. The minimum atomic E-state index is -0.734. The van der Waals surface area contributed by atoms with Crippen LogP contribution in [0.4, 0.5) is 16.6 Å². The van der Waals surface area contributed by atoms with Crippen LogP contribution in [0.2, 0.25) is 0 Å². The van der Waals surface area contributed by atoms with Gasteiger partial charge in [-0.2, -0.15) is 0 Å². The van der Waals surface area contributed by atoms with E-state index in [9.17, 15) is 24.0 Å². The molecule has 0 bridgehead atoms. The zero-order valence-corrected chi connectivity index (χ0v) is 27.4. The first-order chi connectivity index (χ1) is 23.3. The number of imide groups is 1. The second-order valence-electron chi connectivity index (χ2n) is 12.4. The molecule has 2 aromatic heterocycles. The Kier molecular flexibility index (Phi) is 10.4. The maximum Gasteiger partial charge on any atom is 0.255 e. The predicted molar refractivity (Wildman–Crippen MR) is 178 cm³/mol. The molecule has 1 saturated carbocycles. The molecule has 13 nitrogen and oxygen atoms in total. The van der Waals surface area contributed by atoms with Gasteiger partial charge in [-0.25, -0.2) is 9.97 Å². The van der Waals surface area contributed by atoms with Crippen molar-refractivity contribution in [2.45, 2.75) is 70.4 Å². The summed E-state index contributed by atoms with van der Waals surface area (Å²) in [6.07, 6.45) is 7.98. The van der Waals surface area contributed by atoms with Crippen molar-refractivity contribution in [3.8, 4) is 0 Å². The molecule has 2 aliphatic heterocycles. The number of nitrogens with one attached hydrogen (secondary N) is 4. The van der Waals surface area contributed by atoms with Crippen molar-refractivity contribution >= 4 is 57.5 Å². The van der Waals surface area contributed by atoms with Crippen molar-refractivity contribution in [2.24, 2.45) is 5.41 Å². The molecule has 2 fully saturated rings. The van der Waals surface area contributed by atoms with Crippen molar-refractivity contribution < 1.29 is 28.7 Å². The quantitative estimate of drug-likeness (QED) is 0.156. The first-order valence-electron chi connectivity index (χ1n) is 16.4. The normalized spacial score (nSPS) is 18.6. The van der Waals surface area contributed by atoms with E-state index >= 15 is 0 Å². The number of hydrogen-bond acceptors (Lipinski definition) is 10. The molecule has 1 saturated heterocycles. The van der Waals surface area contributed by atoms with Crippen LogP contribution in [-0.4, -0.2) is 70.2 Å². The summed E-state index contributed by atoms with van der Waals surface area (Å²) in [5.41, 5.74) is 1.86. The molecule has 1 unspecified atom stereocenters. The van der Waals surface area contributed by atoms with Crippen molar-refractivity contribution in [3.63, 3.8) is 0 Å². The van der Waals surface area contributed by atoms with Crippen LogP contribution >= 0.6 is 11.3 Å². The lowest BCUT2D eigenvalue weighted by Crippen LogP contribution is -2.52. The van der Waals surface area contributed by atoms with Crippen LogP contribution in [0.25, 0.3) is 0 Å². The van der Waals surface area contributed by atoms with Gasteiger partial charge in [0.15, 0.2) is 5.13 Å². The van der Waals surface area contributed by atoms with E-state index in [0.717, 1.165) is 42.9 Å². The SMILES string of the molecule is O=C1CCC(N2Cc3c(NC(=O)COCCCNC(=O)C4(Cc5cccc(Nc6nccs6)n5)CCCCC4)cccc3C2=O)C(=O)N1. The van der Waals surface area contributed by atoms with E-state index in [4.69, 9.17) is 9.72 Å². The van der Waals surface area contributed by atoms with E-state index in [1.54, 1.807) is 24.4 Å². The third-order valence-electron chi connectivity index (χ3n) is 9.13. The molecule has 4 N–H and O–H groups in total. The number of amides is 5. The van der Waals surface area contributed by atoms with Crippen LogP contribution < -0.4 is 21.3 Å². The maximum absolute atomic E-state index is 13.6. The lowest BCUT2D eigenvalue weighted by molar-refractivity contribution is -0.137. The number of rotatable bonds is 13. The summed E-state index contributed by atoms with van der Waals surface area (Å²) in [5, 5.41) is 14.1. The number of piperidine rings is 1. The van der Waals surface area contributed by atoms with E-state index < -0.39 is 17.4 Å². The fraction of sp³-hybridized carbons (Fsp3) is 0.441. The molecule has 3 aliphatic rings. The molecule has 6 rings (SSSR count). The molecule has 4 heterocycles. The zero-order chi connectivity index (χ0) is 33.5. The Labute approximate surface area is 282 Å². The minimum absolute atomic E-state index is 0.0267. The van der Waals surface area contributed by atoms with Crippen LogP contribution in [0.1, 0.15) is 73.0 Å². The fourth-order valence-corrected chi connectivity index (χ4v) is 7.26. The lowest BCUT2D eigenvalue weighted by atomic mass is 9.70. The number of carbonyl (C=O) groups excluding carboxylic acids is 5. The summed E-state index contributed by atoms with van der Waals surface area (Å²) in [6.45, 7) is 0.667. The molecule has 252 valence electrons. The van der Waals surface area contributed by atoms with Gasteiger partial charge in [-0.3, -0.25) is 29.3 Å². The van der Waals surface area contributed by atoms with Gasteiger partial charge < -0.3 is 25.6 Å². The molecule has 48 heavy (non-hydrogen) atoms. The largest absolute Gasteiger partial charge is 0.372 e. The number of pyridine rings is 1. The molecule has 0 radical (unpaired) electrons. The van der Waals surface area contributed by atoms with Gasteiger partial charge in [-0.1, -0.05) is 31.4 Å². The van der Waals surface area contributed by atoms with E-state index in [2.05, 4.69) is 26.3 Å². The number of thiazole rings is 1. The Balaban J connectivity index is 0.953. The Bertz CT molecular complexity index is 1670. The van der Waals surface area contributed by atoms with Crippen LogP contribution in [0.3, 0.4) is 0 Å². The fourth-order valence-electron chi connectivity index (χ4n) is 6.72. The highest BCUT2D eigenvalue weighted by Crippen LogP contribution is 2.39. The zero-order valence-electron chi connectivity index (χ0n) is 26.6. The Morgan fingerprint density at radius 3 is 2.71 bits per heavy atom. The Morgan fingerprint density at radius 2 is 1.92 bits per heavy atom. The summed E-state index contributed by atoms with van der Waals surface area (Å²) in [6, 6.07) is 10.1. The second kappa shape index (κ2) is 15.0. The highest BCUT2D eigenvalue weighted by Gasteiger charge is 2.41. The first-order valence-corrected chi connectivity index (χ1v) is 17.2. The lowest BCUT2D eigenvalue weighted by Gasteiger charge is -2.35. The van der Waals surface area contributed by atoms with Gasteiger partial charge in [0.25, 0.3) is 5.91 Å². The van der Waals surface area contributed by atoms with Crippen molar-refractivity contribution in [2.75, 3.05) is 30.4 Å². The second-order valence-corrected chi connectivity index (χ2v) is 13.3. The predicted octanol–water partition coefficient (Wildman–Crippen LogP) is 3.70. The van der Waals surface area contributed by atoms with E-state index in [1.807, 2.05) is 23.6 Å². The van der Waals surface area contributed by atoms with E-state index in [0.29, 0.717) is 42.0 Å². The van der Waals surface area contributed by atoms with Crippen molar-refractivity contribution in [3.05, 3.63) is 64.8 Å². The maximum atomic E-state index is 13.6. The molecule has 1 atom stereocenters. The van der Waals surface area contributed by atoms with Gasteiger partial charge in [0.05, 0.1) is 5.41 Å². The van der Waals surface area contributed by atoms with Gasteiger partial charge in [0, 0.05) is 66.6 Å². The van der Waals surface area contributed by atoms with Crippen LogP contribution in [0, 0.1) is 5.41 Å². The van der Waals surface area contributed by atoms with Crippen LogP contribution in [-0.2, 0) is 36.9 Å².